The minimum absolute atomic E-state index is 0.0124. The van der Waals surface area contributed by atoms with Crippen molar-refractivity contribution in [1.29, 1.82) is 0 Å². The fraction of sp³-hybridized carbons (Fsp3) is 0.333. The molecule has 0 amide bonds. The zero-order chi connectivity index (χ0) is 29.5. The van der Waals surface area contributed by atoms with Crippen LogP contribution in [0.2, 0.25) is 5.04 Å². The molecule has 0 saturated heterocycles. The maximum atomic E-state index is 10.4. The van der Waals surface area contributed by atoms with Gasteiger partial charge in [-0.1, -0.05) is 135 Å². The van der Waals surface area contributed by atoms with E-state index in [0.717, 1.165) is 46.9 Å². The molecule has 216 valence electrons. The Balaban J connectivity index is 1.52. The molecule has 4 rings (SSSR count). The highest BCUT2D eigenvalue weighted by atomic mass is 79.9. The Kier molecular flexibility index (Phi) is 10.6. The second-order valence-electron chi connectivity index (χ2n) is 11.8. The fourth-order valence-electron chi connectivity index (χ4n) is 5.89. The number of hydrogen-bond donors (Lipinski definition) is 1. The molecule has 1 atom stereocenters. The van der Waals surface area contributed by atoms with Crippen molar-refractivity contribution in [1.82, 2.24) is 0 Å². The van der Waals surface area contributed by atoms with Crippen LogP contribution in [0.4, 0.5) is 0 Å². The van der Waals surface area contributed by atoms with Crippen molar-refractivity contribution in [3.8, 4) is 5.75 Å². The summed E-state index contributed by atoms with van der Waals surface area (Å²) in [5.41, 5.74) is 4.30. The molecule has 0 aromatic heterocycles. The van der Waals surface area contributed by atoms with Crippen LogP contribution >= 0.6 is 15.9 Å². The van der Waals surface area contributed by atoms with Gasteiger partial charge in [-0.2, -0.15) is 0 Å². The average molecular weight is 632 g/mol. The molecule has 5 heteroatoms. The Hall–Kier alpha value is -2.70. The summed E-state index contributed by atoms with van der Waals surface area (Å²) >= 11 is 3.53. The number of rotatable bonds is 12. The van der Waals surface area contributed by atoms with E-state index in [2.05, 4.69) is 123 Å². The van der Waals surface area contributed by atoms with Crippen LogP contribution in [0, 0.1) is 0 Å². The van der Waals surface area contributed by atoms with Gasteiger partial charge in [0.15, 0.2) is 0 Å². The summed E-state index contributed by atoms with van der Waals surface area (Å²) in [5, 5.41) is 12.8. The summed E-state index contributed by atoms with van der Waals surface area (Å²) in [6.07, 6.45) is 8.08. The van der Waals surface area contributed by atoms with Crippen molar-refractivity contribution in [2.75, 3.05) is 13.2 Å². The van der Waals surface area contributed by atoms with Gasteiger partial charge in [0.05, 0.1) is 19.3 Å². The molecule has 0 spiro atoms. The Morgan fingerprint density at radius 3 is 2.24 bits per heavy atom. The molecule has 1 heterocycles. The van der Waals surface area contributed by atoms with Crippen LogP contribution in [-0.2, 0) is 9.16 Å². The summed E-state index contributed by atoms with van der Waals surface area (Å²) in [6, 6.07) is 27.0. The molecule has 3 aromatic rings. The number of aromatic hydroxyl groups is 1. The van der Waals surface area contributed by atoms with Gasteiger partial charge in [0.2, 0.25) is 0 Å². The number of allylic oxidation sites excluding steroid dienone is 1. The molecular formula is C36H43BrO3Si. The van der Waals surface area contributed by atoms with Crippen molar-refractivity contribution in [3.63, 3.8) is 0 Å². The first-order valence-electron chi connectivity index (χ1n) is 14.6. The van der Waals surface area contributed by atoms with Crippen LogP contribution in [0.3, 0.4) is 0 Å². The number of ether oxygens (including phenoxy) is 1. The van der Waals surface area contributed by atoms with Gasteiger partial charge in [-0.15, -0.1) is 0 Å². The van der Waals surface area contributed by atoms with E-state index < -0.39 is 8.32 Å². The minimum atomic E-state index is -2.65. The van der Waals surface area contributed by atoms with Crippen LogP contribution in [-0.4, -0.2) is 32.7 Å². The number of halogens is 1. The van der Waals surface area contributed by atoms with Gasteiger partial charge in [0.25, 0.3) is 8.32 Å². The van der Waals surface area contributed by atoms with E-state index in [0.29, 0.717) is 19.0 Å². The number of benzene rings is 3. The van der Waals surface area contributed by atoms with Crippen molar-refractivity contribution in [2.24, 2.45) is 0 Å². The van der Waals surface area contributed by atoms with Gasteiger partial charge in [0.1, 0.15) is 5.75 Å². The predicted molar refractivity (Wildman–Crippen MR) is 178 cm³/mol. The fourth-order valence-corrected chi connectivity index (χ4v) is 10.8. The molecule has 3 nitrogen and oxygen atoms in total. The zero-order valence-corrected chi connectivity index (χ0v) is 27.4. The molecule has 1 unspecified atom stereocenters. The molecule has 41 heavy (non-hydrogen) atoms. The third-order valence-corrected chi connectivity index (χ3v) is 13.4. The maximum Gasteiger partial charge on any atom is 0.261 e. The second kappa shape index (κ2) is 14.0. The zero-order valence-electron chi connectivity index (χ0n) is 24.8. The SMILES string of the molecule is C=C(CO[Si](c1ccccc1)(c1ccccc1)C(C)(C)C)C1=CCOC1CC/C(=C/c1cc(Br)ccc1O)CCC. The molecule has 1 aliphatic rings. The monoisotopic (exact) mass is 630 g/mol. The van der Waals surface area contributed by atoms with Gasteiger partial charge in [0, 0.05) is 10.0 Å². The molecule has 0 saturated carbocycles. The first kappa shape index (κ1) is 31.2. The van der Waals surface area contributed by atoms with Crippen LogP contribution in [0.15, 0.2) is 113 Å². The van der Waals surface area contributed by atoms with Crippen LogP contribution in [0.25, 0.3) is 6.08 Å². The van der Waals surface area contributed by atoms with E-state index in [9.17, 15) is 5.11 Å². The summed E-state index contributed by atoms with van der Waals surface area (Å²) in [6.45, 7) is 14.7. The summed E-state index contributed by atoms with van der Waals surface area (Å²) < 4.78 is 14.3. The lowest BCUT2D eigenvalue weighted by Crippen LogP contribution is -2.66. The average Bonchev–Trinajstić information content (AvgIpc) is 3.43. The van der Waals surface area contributed by atoms with Crippen molar-refractivity contribution >= 4 is 40.7 Å². The molecular weight excluding hydrogens is 588 g/mol. The van der Waals surface area contributed by atoms with Crippen LogP contribution in [0.1, 0.15) is 58.9 Å². The molecule has 1 aliphatic heterocycles. The molecule has 0 bridgehead atoms. The molecule has 3 aromatic carbocycles. The largest absolute Gasteiger partial charge is 0.507 e. The lowest BCUT2D eigenvalue weighted by atomic mass is 9.95. The third-order valence-electron chi connectivity index (χ3n) is 7.88. The normalized spacial score (nSPS) is 16.1. The molecule has 0 aliphatic carbocycles. The topological polar surface area (TPSA) is 38.7 Å². The first-order valence-corrected chi connectivity index (χ1v) is 17.3. The smallest absolute Gasteiger partial charge is 0.261 e. The van der Waals surface area contributed by atoms with E-state index in [-0.39, 0.29) is 11.1 Å². The minimum Gasteiger partial charge on any atom is -0.507 e. The van der Waals surface area contributed by atoms with Crippen molar-refractivity contribution < 1.29 is 14.3 Å². The van der Waals surface area contributed by atoms with Gasteiger partial charge in [-0.3, -0.25) is 0 Å². The van der Waals surface area contributed by atoms with Crippen LogP contribution < -0.4 is 10.4 Å². The van der Waals surface area contributed by atoms with E-state index in [4.69, 9.17) is 9.16 Å². The first-order chi connectivity index (χ1) is 19.7. The Morgan fingerprint density at radius 1 is 1.02 bits per heavy atom. The predicted octanol–water partition coefficient (Wildman–Crippen LogP) is 8.58. The molecule has 0 radical (unpaired) electrons. The van der Waals surface area contributed by atoms with Gasteiger partial charge >= 0.3 is 0 Å². The highest BCUT2D eigenvalue weighted by Crippen LogP contribution is 2.38. The molecule has 0 fully saturated rings. The van der Waals surface area contributed by atoms with E-state index in [1.165, 1.54) is 15.9 Å². The third kappa shape index (κ3) is 7.39. The lowest BCUT2D eigenvalue weighted by molar-refractivity contribution is 0.115. The van der Waals surface area contributed by atoms with Crippen LogP contribution in [0.5, 0.6) is 5.75 Å². The summed E-state index contributed by atoms with van der Waals surface area (Å²) in [5.74, 6) is 0.299. The highest BCUT2D eigenvalue weighted by Gasteiger charge is 2.50. The number of phenolic OH excluding ortho intramolecular Hbond substituents is 1. The quantitative estimate of drug-likeness (QED) is 0.204. The second-order valence-corrected chi connectivity index (χ2v) is 17.1. The van der Waals surface area contributed by atoms with Gasteiger partial charge in [-0.05, 0) is 64.0 Å². The van der Waals surface area contributed by atoms with Gasteiger partial charge in [-0.25, -0.2) is 0 Å². The van der Waals surface area contributed by atoms with Crippen molar-refractivity contribution in [3.05, 3.63) is 118 Å². The Morgan fingerprint density at radius 2 is 1.66 bits per heavy atom. The van der Waals surface area contributed by atoms with E-state index in [1.54, 1.807) is 6.07 Å². The molecule has 1 N–H and O–H groups in total. The lowest BCUT2D eigenvalue weighted by Gasteiger charge is -2.43. The van der Waals surface area contributed by atoms with Crippen molar-refractivity contribution in [2.45, 2.75) is 64.5 Å². The Labute approximate surface area is 255 Å². The van der Waals surface area contributed by atoms with E-state index >= 15 is 0 Å². The number of hydrogen-bond acceptors (Lipinski definition) is 3. The van der Waals surface area contributed by atoms with E-state index in [1.807, 2.05) is 12.1 Å². The number of phenols is 1. The highest BCUT2D eigenvalue weighted by molar-refractivity contribution is 9.10. The summed E-state index contributed by atoms with van der Waals surface area (Å²) in [7, 11) is -2.65. The Bertz CT molecular complexity index is 1330. The maximum absolute atomic E-state index is 10.4. The van der Waals surface area contributed by atoms with Gasteiger partial charge < -0.3 is 14.3 Å². The summed E-state index contributed by atoms with van der Waals surface area (Å²) in [4.78, 5) is 0. The standard InChI is InChI=1S/C36H43BrO3Si/c1-6-13-28(24-29-25-30(37)19-20-34(29)38)18-21-35-33(22-23-39-35)27(2)26-40-41(36(3,4)5,31-14-9-7-10-15-31)32-16-11-8-12-17-32/h7-12,14-17,19-20,22,24-25,35,38H,2,6,13,18,21,23,26H2,1,3-5H3/b28-24+.